The average Bonchev–Trinajstić information content (AvgIpc) is 2.87. The van der Waals surface area contributed by atoms with Crippen LogP contribution in [0.15, 0.2) is 60.8 Å². The largest absolute Gasteiger partial charge is 0.443 e. The SMILES string of the molecule is CN(C(=O)c1ccc(N(C(=O)OC(C)(C)C)S(=O)(=O)NCc2cccc(Cl)c2Cl)cc1)c1ccc(C(F)(F)F)nc1. The van der Waals surface area contributed by atoms with Gasteiger partial charge in [-0.25, -0.2) is 9.78 Å². The van der Waals surface area contributed by atoms with E-state index >= 15 is 0 Å². The van der Waals surface area contributed by atoms with Crippen LogP contribution in [0.25, 0.3) is 0 Å². The van der Waals surface area contributed by atoms with E-state index in [1.165, 1.54) is 37.4 Å². The number of alkyl halides is 3. The minimum Gasteiger partial charge on any atom is -0.443 e. The highest BCUT2D eigenvalue weighted by Crippen LogP contribution is 2.29. The molecule has 0 atom stereocenters. The van der Waals surface area contributed by atoms with Crippen LogP contribution in [0.1, 0.15) is 42.4 Å². The monoisotopic (exact) mass is 632 g/mol. The lowest BCUT2D eigenvalue weighted by Gasteiger charge is -2.27. The fraction of sp³-hybridized carbons (Fsp3) is 0.269. The summed E-state index contributed by atoms with van der Waals surface area (Å²) < 4.78 is 73.0. The number of hydrogen-bond donors (Lipinski definition) is 1. The van der Waals surface area contributed by atoms with E-state index in [-0.39, 0.29) is 33.5 Å². The van der Waals surface area contributed by atoms with Crippen LogP contribution in [0.2, 0.25) is 10.0 Å². The van der Waals surface area contributed by atoms with Crippen molar-refractivity contribution in [2.75, 3.05) is 16.3 Å². The van der Waals surface area contributed by atoms with E-state index < -0.39 is 39.7 Å². The van der Waals surface area contributed by atoms with Crippen molar-refractivity contribution in [1.82, 2.24) is 9.71 Å². The minimum atomic E-state index is -4.63. The summed E-state index contributed by atoms with van der Waals surface area (Å²) in [5.74, 6) is -0.626. The number of carbonyl (C=O) groups is 2. The van der Waals surface area contributed by atoms with Gasteiger partial charge in [-0.2, -0.15) is 30.6 Å². The van der Waals surface area contributed by atoms with E-state index in [4.69, 9.17) is 27.9 Å². The summed E-state index contributed by atoms with van der Waals surface area (Å²) in [4.78, 5) is 30.4. The Morgan fingerprint density at radius 1 is 0.976 bits per heavy atom. The molecule has 3 aromatic rings. The molecule has 2 aromatic carbocycles. The normalized spacial score (nSPS) is 12.1. The maximum Gasteiger partial charge on any atom is 0.433 e. The lowest BCUT2D eigenvalue weighted by molar-refractivity contribution is -0.141. The van der Waals surface area contributed by atoms with Crippen molar-refractivity contribution in [2.45, 2.75) is 39.1 Å². The molecule has 1 heterocycles. The number of aromatic nitrogens is 1. The maximum atomic E-state index is 13.3. The highest BCUT2D eigenvalue weighted by Gasteiger charge is 2.34. The van der Waals surface area contributed by atoms with Crippen molar-refractivity contribution < 1.29 is 35.9 Å². The third kappa shape index (κ3) is 8.09. The molecule has 0 saturated heterocycles. The zero-order chi connectivity index (χ0) is 30.8. The van der Waals surface area contributed by atoms with Gasteiger partial charge in [0, 0.05) is 19.2 Å². The second kappa shape index (κ2) is 12.2. The molecule has 0 unspecified atom stereocenters. The Labute approximate surface area is 245 Å². The Morgan fingerprint density at radius 2 is 1.59 bits per heavy atom. The maximum absolute atomic E-state index is 13.3. The molecule has 0 aliphatic heterocycles. The van der Waals surface area contributed by atoms with E-state index in [9.17, 15) is 31.2 Å². The quantitative estimate of drug-likeness (QED) is 0.320. The Bertz CT molecular complexity index is 1530. The van der Waals surface area contributed by atoms with Gasteiger partial charge in [0.15, 0.2) is 0 Å². The Balaban J connectivity index is 1.88. The summed E-state index contributed by atoms with van der Waals surface area (Å²) in [5, 5.41) is 0.348. The number of rotatable bonds is 7. The van der Waals surface area contributed by atoms with Gasteiger partial charge in [-0.3, -0.25) is 4.79 Å². The summed E-state index contributed by atoms with van der Waals surface area (Å²) in [6.07, 6.45) is -4.94. The lowest BCUT2D eigenvalue weighted by Crippen LogP contribution is -2.46. The topological polar surface area (TPSA) is 109 Å². The molecule has 9 nitrogen and oxygen atoms in total. The molecule has 0 aliphatic rings. The molecular weight excluding hydrogens is 608 g/mol. The molecule has 0 radical (unpaired) electrons. The molecule has 220 valence electrons. The number of benzene rings is 2. The van der Waals surface area contributed by atoms with Crippen LogP contribution >= 0.6 is 23.2 Å². The number of halogens is 5. The van der Waals surface area contributed by atoms with Crippen LogP contribution in [-0.2, 0) is 27.7 Å². The fourth-order valence-electron chi connectivity index (χ4n) is 3.37. The van der Waals surface area contributed by atoms with Gasteiger partial charge in [0.1, 0.15) is 11.3 Å². The van der Waals surface area contributed by atoms with Gasteiger partial charge >= 0.3 is 22.5 Å². The number of pyridine rings is 1. The third-order valence-corrected chi connectivity index (χ3v) is 7.56. The summed E-state index contributed by atoms with van der Waals surface area (Å²) in [7, 11) is -3.24. The molecule has 41 heavy (non-hydrogen) atoms. The Kier molecular flexibility index (Phi) is 9.58. The molecule has 0 fully saturated rings. The van der Waals surface area contributed by atoms with Gasteiger partial charge in [0.05, 0.1) is 27.6 Å². The van der Waals surface area contributed by atoms with Crippen molar-refractivity contribution in [1.29, 1.82) is 0 Å². The van der Waals surface area contributed by atoms with Gasteiger partial charge in [-0.1, -0.05) is 35.3 Å². The first-order valence-electron chi connectivity index (χ1n) is 11.8. The van der Waals surface area contributed by atoms with Crippen molar-refractivity contribution in [3.8, 4) is 0 Å². The van der Waals surface area contributed by atoms with E-state index in [0.29, 0.717) is 9.87 Å². The van der Waals surface area contributed by atoms with Gasteiger partial charge in [0.25, 0.3) is 5.91 Å². The van der Waals surface area contributed by atoms with Gasteiger partial charge in [-0.05, 0) is 68.8 Å². The highest BCUT2D eigenvalue weighted by atomic mass is 35.5. The molecular formula is C26H25Cl2F3N4O5S. The molecule has 0 saturated carbocycles. The van der Waals surface area contributed by atoms with Gasteiger partial charge < -0.3 is 9.64 Å². The number of anilines is 2. The molecule has 0 spiro atoms. The molecule has 0 aliphatic carbocycles. The zero-order valence-corrected chi connectivity index (χ0v) is 24.5. The summed E-state index contributed by atoms with van der Waals surface area (Å²) in [6, 6.07) is 11.4. The third-order valence-electron chi connectivity index (χ3n) is 5.36. The number of ether oxygens (including phenoxy) is 1. The van der Waals surface area contributed by atoms with E-state index in [1.807, 2.05) is 0 Å². The molecule has 3 rings (SSSR count). The second-order valence-corrected chi connectivity index (χ2v) is 12.0. The van der Waals surface area contributed by atoms with Crippen LogP contribution in [0.3, 0.4) is 0 Å². The molecule has 15 heteroatoms. The first kappa shape index (κ1) is 32.1. The van der Waals surface area contributed by atoms with Crippen LogP contribution in [-0.4, -0.2) is 38.1 Å². The van der Waals surface area contributed by atoms with E-state index in [2.05, 4.69) is 9.71 Å². The van der Waals surface area contributed by atoms with Crippen molar-refractivity contribution in [3.63, 3.8) is 0 Å². The minimum absolute atomic E-state index is 0.0522. The van der Waals surface area contributed by atoms with Gasteiger partial charge in [0.2, 0.25) is 0 Å². The molecule has 1 N–H and O–H groups in total. The Hall–Kier alpha value is -3.39. The van der Waals surface area contributed by atoms with Crippen LogP contribution in [0.5, 0.6) is 0 Å². The van der Waals surface area contributed by atoms with Crippen LogP contribution in [0.4, 0.5) is 29.3 Å². The van der Waals surface area contributed by atoms with Crippen LogP contribution in [0, 0.1) is 0 Å². The Morgan fingerprint density at radius 3 is 2.12 bits per heavy atom. The van der Waals surface area contributed by atoms with Crippen molar-refractivity contribution in [2.24, 2.45) is 0 Å². The van der Waals surface area contributed by atoms with Gasteiger partial charge in [-0.15, -0.1) is 0 Å². The number of nitrogens with one attached hydrogen (secondary N) is 1. The predicted molar refractivity (Wildman–Crippen MR) is 149 cm³/mol. The van der Waals surface area contributed by atoms with Crippen LogP contribution < -0.4 is 13.9 Å². The smallest absolute Gasteiger partial charge is 0.433 e. The standard InChI is InChI=1S/C26H25Cl2F3N4O5S/c1-25(2,3)40-24(37)35(41(38,39)33-14-17-6-5-7-20(27)22(17)28)18-10-8-16(9-11-18)23(36)34(4)19-12-13-21(32-15-19)26(29,30)31/h5-13,15,33H,14H2,1-4H3. The number of hydrogen-bond acceptors (Lipinski definition) is 6. The van der Waals surface area contributed by atoms with E-state index in [0.717, 1.165) is 23.2 Å². The fourth-order valence-corrected chi connectivity index (χ4v) is 4.85. The van der Waals surface area contributed by atoms with E-state index in [1.54, 1.807) is 32.9 Å². The molecule has 0 bridgehead atoms. The number of amides is 2. The average molecular weight is 633 g/mol. The van der Waals surface area contributed by atoms with Crippen molar-refractivity contribution >= 4 is 56.8 Å². The first-order valence-corrected chi connectivity index (χ1v) is 14.0. The molecule has 1 aromatic heterocycles. The molecule has 2 amide bonds. The zero-order valence-electron chi connectivity index (χ0n) is 22.2. The second-order valence-electron chi connectivity index (χ2n) is 9.59. The summed E-state index contributed by atoms with van der Waals surface area (Å²) in [6.45, 7) is 4.37. The summed E-state index contributed by atoms with van der Waals surface area (Å²) in [5.41, 5.74) is -1.81. The first-order chi connectivity index (χ1) is 18.9. The number of carbonyl (C=O) groups excluding carboxylic acids is 2. The summed E-state index contributed by atoms with van der Waals surface area (Å²) >= 11 is 12.1. The number of nitrogens with zero attached hydrogens (tertiary/aromatic N) is 3. The lowest BCUT2D eigenvalue weighted by atomic mass is 10.1. The highest BCUT2D eigenvalue weighted by molar-refractivity contribution is 7.91. The predicted octanol–water partition coefficient (Wildman–Crippen LogP) is 6.46. The van der Waals surface area contributed by atoms with Crippen molar-refractivity contribution in [3.05, 3.63) is 87.7 Å².